The van der Waals surface area contributed by atoms with Gasteiger partial charge in [-0.15, -0.1) is 10.2 Å². The van der Waals surface area contributed by atoms with Crippen molar-refractivity contribution < 1.29 is 4.79 Å². The van der Waals surface area contributed by atoms with Crippen molar-refractivity contribution in [3.05, 3.63) is 77.6 Å². The number of hydrogen-bond donors (Lipinski definition) is 1. The van der Waals surface area contributed by atoms with E-state index in [0.717, 1.165) is 43.7 Å². The van der Waals surface area contributed by atoms with E-state index in [-0.39, 0.29) is 11.6 Å². The first-order chi connectivity index (χ1) is 14.2. The minimum Gasteiger partial charge on any atom is -0.355 e. The lowest BCUT2D eigenvalue weighted by molar-refractivity contribution is 0.102. The number of hydrogen-bond acceptors (Lipinski definition) is 5. The fraction of sp³-hybridized carbons (Fsp3) is 0.304. The van der Waals surface area contributed by atoms with Crippen molar-refractivity contribution in [2.75, 3.05) is 23.3 Å². The molecule has 1 N–H and O–H groups in total. The van der Waals surface area contributed by atoms with Crippen molar-refractivity contribution in [2.45, 2.75) is 26.2 Å². The lowest BCUT2D eigenvalue weighted by Gasteiger charge is -2.32. The summed E-state index contributed by atoms with van der Waals surface area (Å²) in [6, 6.07) is 17.9. The summed E-state index contributed by atoms with van der Waals surface area (Å²) in [5.74, 6) is 1.73. The molecule has 0 spiro atoms. The Morgan fingerprint density at radius 2 is 1.83 bits per heavy atom. The van der Waals surface area contributed by atoms with Gasteiger partial charge in [-0.2, -0.15) is 0 Å². The number of carbonyl (C=O) groups is 1. The molecule has 29 heavy (non-hydrogen) atoms. The smallest absolute Gasteiger partial charge is 0.277 e. The minimum absolute atomic E-state index is 0.287. The summed E-state index contributed by atoms with van der Waals surface area (Å²) < 4.78 is 0. The number of benzene rings is 1. The summed E-state index contributed by atoms with van der Waals surface area (Å²) >= 11 is 0. The zero-order chi connectivity index (χ0) is 20.1. The van der Waals surface area contributed by atoms with E-state index in [4.69, 9.17) is 0 Å². The number of carbonyl (C=O) groups excluding carboxylic acids is 1. The number of pyridine rings is 1. The fourth-order valence-electron chi connectivity index (χ4n) is 3.65. The van der Waals surface area contributed by atoms with E-state index in [2.05, 4.69) is 55.7 Å². The maximum atomic E-state index is 12.3. The number of anilines is 2. The third-order valence-corrected chi connectivity index (χ3v) is 5.34. The average molecular weight is 387 g/mol. The number of piperidine rings is 1. The van der Waals surface area contributed by atoms with Gasteiger partial charge >= 0.3 is 0 Å². The minimum atomic E-state index is -0.304. The van der Waals surface area contributed by atoms with Gasteiger partial charge < -0.3 is 10.2 Å². The molecule has 2 aromatic heterocycles. The van der Waals surface area contributed by atoms with E-state index >= 15 is 0 Å². The van der Waals surface area contributed by atoms with E-state index in [9.17, 15) is 4.79 Å². The standard InChI is InChI=1S/C23H25N5O/c1-17-7-9-21(24-16-17)25-23(29)20-8-10-22(27-26-20)28-13-11-19(12-14-28)15-18-5-3-2-4-6-18/h2-10,16,19H,11-15H2,1H3,(H,24,25,29). The highest BCUT2D eigenvalue weighted by Gasteiger charge is 2.21. The Morgan fingerprint density at radius 3 is 2.48 bits per heavy atom. The fourth-order valence-corrected chi connectivity index (χ4v) is 3.65. The number of nitrogens with zero attached hydrogens (tertiary/aromatic N) is 4. The Morgan fingerprint density at radius 1 is 1.03 bits per heavy atom. The van der Waals surface area contributed by atoms with Gasteiger partial charge in [0.25, 0.3) is 5.91 Å². The SMILES string of the molecule is Cc1ccc(NC(=O)c2ccc(N3CCC(Cc4ccccc4)CC3)nn2)nc1. The van der Waals surface area contributed by atoms with Crippen molar-refractivity contribution in [1.82, 2.24) is 15.2 Å². The predicted octanol–water partition coefficient (Wildman–Crippen LogP) is 3.89. The molecular formula is C23H25N5O. The van der Waals surface area contributed by atoms with E-state index < -0.39 is 0 Å². The van der Waals surface area contributed by atoms with Crippen molar-refractivity contribution in [3.63, 3.8) is 0 Å². The normalized spacial score (nSPS) is 14.6. The van der Waals surface area contributed by atoms with Crippen LogP contribution in [0.5, 0.6) is 0 Å². The zero-order valence-electron chi connectivity index (χ0n) is 16.6. The Hall–Kier alpha value is -3.28. The van der Waals surface area contributed by atoms with Crippen LogP contribution in [0.1, 0.15) is 34.5 Å². The number of aryl methyl sites for hydroxylation is 1. The highest BCUT2D eigenvalue weighted by molar-refractivity contribution is 6.02. The molecular weight excluding hydrogens is 362 g/mol. The third kappa shape index (κ3) is 4.96. The van der Waals surface area contributed by atoms with Gasteiger partial charge in [0, 0.05) is 19.3 Å². The molecule has 4 rings (SSSR count). The Bertz CT molecular complexity index is 933. The van der Waals surface area contributed by atoms with Gasteiger partial charge in [-0.25, -0.2) is 4.98 Å². The lowest BCUT2D eigenvalue weighted by Crippen LogP contribution is -2.35. The lowest BCUT2D eigenvalue weighted by atomic mass is 9.90. The second-order valence-corrected chi connectivity index (χ2v) is 7.57. The molecule has 148 valence electrons. The maximum absolute atomic E-state index is 12.3. The quantitative estimate of drug-likeness (QED) is 0.719. The van der Waals surface area contributed by atoms with E-state index in [1.54, 1.807) is 18.3 Å². The van der Waals surface area contributed by atoms with Crippen LogP contribution in [0, 0.1) is 12.8 Å². The summed E-state index contributed by atoms with van der Waals surface area (Å²) in [5.41, 5.74) is 2.74. The molecule has 3 aromatic rings. The van der Waals surface area contributed by atoms with Crippen LogP contribution >= 0.6 is 0 Å². The highest BCUT2D eigenvalue weighted by Crippen LogP contribution is 2.24. The molecule has 0 atom stereocenters. The Labute approximate surface area is 171 Å². The van der Waals surface area contributed by atoms with Crippen LogP contribution in [0.25, 0.3) is 0 Å². The largest absolute Gasteiger partial charge is 0.355 e. The monoisotopic (exact) mass is 387 g/mol. The summed E-state index contributed by atoms with van der Waals surface area (Å²) in [6.07, 6.45) is 5.12. The molecule has 1 amide bonds. The van der Waals surface area contributed by atoms with Gasteiger partial charge in [-0.1, -0.05) is 36.4 Å². The highest BCUT2D eigenvalue weighted by atomic mass is 16.2. The maximum Gasteiger partial charge on any atom is 0.277 e. The van der Waals surface area contributed by atoms with Gasteiger partial charge in [0.05, 0.1) is 0 Å². The van der Waals surface area contributed by atoms with Gasteiger partial charge in [0.2, 0.25) is 0 Å². The molecule has 0 saturated carbocycles. The van der Waals surface area contributed by atoms with E-state index in [0.29, 0.717) is 11.7 Å². The number of nitrogens with one attached hydrogen (secondary N) is 1. The Balaban J connectivity index is 1.31. The van der Waals surface area contributed by atoms with Crippen molar-refractivity contribution in [1.29, 1.82) is 0 Å². The second kappa shape index (κ2) is 8.82. The van der Waals surface area contributed by atoms with Crippen LogP contribution in [0.4, 0.5) is 11.6 Å². The van der Waals surface area contributed by atoms with Crippen LogP contribution in [-0.4, -0.2) is 34.2 Å². The molecule has 6 heteroatoms. The van der Waals surface area contributed by atoms with Gasteiger partial charge in [0.1, 0.15) is 5.82 Å². The summed E-state index contributed by atoms with van der Waals surface area (Å²) in [6.45, 7) is 3.88. The van der Waals surface area contributed by atoms with Crippen LogP contribution in [0.15, 0.2) is 60.8 Å². The van der Waals surface area contributed by atoms with Crippen LogP contribution < -0.4 is 10.2 Å². The van der Waals surface area contributed by atoms with Crippen molar-refractivity contribution in [3.8, 4) is 0 Å². The molecule has 0 aliphatic carbocycles. The van der Waals surface area contributed by atoms with Crippen molar-refractivity contribution >= 4 is 17.5 Å². The molecule has 1 aliphatic heterocycles. The van der Waals surface area contributed by atoms with Crippen molar-refractivity contribution in [2.24, 2.45) is 5.92 Å². The zero-order valence-corrected chi connectivity index (χ0v) is 16.6. The molecule has 3 heterocycles. The van der Waals surface area contributed by atoms with Crippen LogP contribution in [0.2, 0.25) is 0 Å². The summed E-state index contributed by atoms with van der Waals surface area (Å²) in [4.78, 5) is 18.8. The molecule has 0 bridgehead atoms. The molecule has 0 unspecified atom stereocenters. The predicted molar refractivity (Wildman–Crippen MR) is 114 cm³/mol. The van der Waals surface area contributed by atoms with E-state index in [1.165, 1.54) is 5.56 Å². The van der Waals surface area contributed by atoms with Crippen LogP contribution in [0.3, 0.4) is 0 Å². The van der Waals surface area contributed by atoms with E-state index in [1.807, 2.05) is 19.1 Å². The van der Waals surface area contributed by atoms with Gasteiger partial charge in [-0.05, 0) is 61.4 Å². The molecule has 1 saturated heterocycles. The number of amides is 1. The third-order valence-electron chi connectivity index (χ3n) is 5.34. The topological polar surface area (TPSA) is 71.0 Å². The average Bonchev–Trinajstić information content (AvgIpc) is 2.77. The first-order valence-corrected chi connectivity index (χ1v) is 10.0. The number of aromatic nitrogens is 3. The molecule has 1 fully saturated rings. The molecule has 1 aromatic carbocycles. The van der Waals surface area contributed by atoms with Gasteiger partial charge in [0.15, 0.2) is 11.5 Å². The van der Waals surface area contributed by atoms with Gasteiger partial charge in [-0.3, -0.25) is 4.79 Å². The summed E-state index contributed by atoms with van der Waals surface area (Å²) in [5, 5.41) is 11.2. The first-order valence-electron chi connectivity index (χ1n) is 10.0. The Kier molecular flexibility index (Phi) is 5.79. The van der Waals surface area contributed by atoms with Crippen LogP contribution in [-0.2, 0) is 6.42 Å². The second-order valence-electron chi connectivity index (χ2n) is 7.57. The number of rotatable bonds is 5. The first kappa shape index (κ1) is 19.1. The molecule has 6 nitrogen and oxygen atoms in total. The molecule has 1 aliphatic rings. The summed E-state index contributed by atoms with van der Waals surface area (Å²) in [7, 11) is 0. The molecule has 0 radical (unpaired) electrons.